The fourth-order valence-electron chi connectivity index (χ4n) is 3.18. The first-order valence-corrected chi connectivity index (χ1v) is 10.7. The Morgan fingerprint density at radius 3 is 1.19 bits per heavy atom. The van der Waals surface area contributed by atoms with Crippen LogP contribution in [-0.2, 0) is 38.2 Å². The Morgan fingerprint density at radius 2 is 0.906 bits per heavy atom. The van der Waals surface area contributed by atoms with Crippen LogP contribution in [0.2, 0.25) is 0 Å². The molecule has 0 bridgehead atoms. The Morgan fingerprint density at radius 1 is 0.562 bits per heavy atom. The number of Topliss-reactive ketones (excluding diaryl/α,β-unsaturated/α-hetero) is 4. The Hall–Kier alpha value is -2.38. The van der Waals surface area contributed by atoms with Crippen molar-refractivity contribution in [1.29, 1.82) is 0 Å². The van der Waals surface area contributed by atoms with E-state index in [1.807, 2.05) is 0 Å². The Kier molecular flexibility index (Phi) is 11.1. The molecule has 8 nitrogen and oxygen atoms in total. The quantitative estimate of drug-likeness (QED) is 0.273. The number of hydrogen-bond donors (Lipinski definition) is 0. The Labute approximate surface area is 190 Å². The molecule has 0 aromatic heterocycles. The molecule has 32 heavy (non-hydrogen) atoms. The summed E-state index contributed by atoms with van der Waals surface area (Å²) in [5, 5.41) is 0. The van der Waals surface area contributed by atoms with Crippen LogP contribution in [0.3, 0.4) is 0 Å². The van der Waals surface area contributed by atoms with E-state index in [-0.39, 0.29) is 42.4 Å². The summed E-state index contributed by atoms with van der Waals surface area (Å²) < 4.78 is 9.12. The minimum absolute atomic E-state index is 0.233. The minimum Gasteiger partial charge on any atom is -0.469 e. The SMILES string of the molecule is COC(=O)CC(=O)C(C)(C)CCC(C)(CCC(C)(C)C(=O)CC(=O)OC)C(=O)CC(C)=O. The second-order valence-corrected chi connectivity index (χ2v) is 9.98. The van der Waals surface area contributed by atoms with E-state index in [0.717, 1.165) is 0 Å². The van der Waals surface area contributed by atoms with Gasteiger partial charge in [0.2, 0.25) is 0 Å². The summed E-state index contributed by atoms with van der Waals surface area (Å²) in [5.74, 6) is -2.34. The molecule has 0 fully saturated rings. The first kappa shape index (κ1) is 29.6. The molecule has 0 aliphatic carbocycles. The normalized spacial score (nSPS) is 12.1. The Bertz CT molecular complexity index is 699. The smallest absolute Gasteiger partial charge is 0.313 e. The van der Waals surface area contributed by atoms with Crippen molar-refractivity contribution in [3.8, 4) is 0 Å². The molecule has 0 aromatic rings. The largest absolute Gasteiger partial charge is 0.469 e. The minimum atomic E-state index is -0.947. The lowest BCUT2D eigenvalue weighted by Gasteiger charge is -2.34. The zero-order valence-electron chi connectivity index (χ0n) is 20.7. The van der Waals surface area contributed by atoms with E-state index in [9.17, 15) is 28.8 Å². The second kappa shape index (κ2) is 12.0. The summed E-state index contributed by atoms with van der Waals surface area (Å²) in [5.41, 5.74) is -2.69. The predicted octanol–water partition coefficient (Wildman–Crippen LogP) is 3.42. The maximum absolute atomic E-state index is 13.0. The fraction of sp³-hybridized carbons (Fsp3) is 0.750. The molecule has 0 atom stereocenters. The van der Waals surface area contributed by atoms with Gasteiger partial charge in [0.15, 0.2) is 0 Å². The molecule has 0 radical (unpaired) electrons. The van der Waals surface area contributed by atoms with Crippen LogP contribution in [0.4, 0.5) is 0 Å². The number of carbonyl (C=O) groups is 6. The molecule has 0 saturated carbocycles. The zero-order valence-corrected chi connectivity index (χ0v) is 20.7. The third kappa shape index (κ3) is 9.40. The number of hydrogen-bond acceptors (Lipinski definition) is 8. The van der Waals surface area contributed by atoms with E-state index < -0.39 is 28.2 Å². The number of ketones is 4. The molecule has 0 heterocycles. The maximum atomic E-state index is 13.0. The first-order valence-electron chi connectivity index (χ1n) is 10.7. The molecule has 0 amide bonds. The van der Waals surface area contributed by atoms with Crippen LogP contribution >= 0.6 is 0 Å². The van der Waals surface area contributed by atoms with Gasteiger partial charge in [-0.15, -0.1) is 0 Å². The lowest BCUT2D eigenvalue weighted by Crippen LogP contribution is -2.36. The van der Waals surface area contributed by atoms with Gasteiger partial charge in [-0.2, -0.15) is 0 Å². The topological polar surface area (TPSA) is 121 Å². The summed E-state index contributed by atoms with van der Waals surface area (Å²) in [6, 6.07) is 0. The van der Waals surface area contributed by atoms with E-state index in [4.69, 9.17) is 0 Å². The van der Waals surface area contributed by atoms with E-state index >= 15 is 0 Å². The van der Waals surface area contributed by atoms with Crippen molar-refractivity contribution in [2.45, 2.75) is 86.5 Å². The second-order valence-electron chi connectivity index (χ2n) is 9.98. The molecule has 0 spiro atoms. The molecule has 0 rings (SSSR count). The summed E-state index contributed by atoms with van der Waals surface area (Å²) in [7, 11) is 2.42. The number of esters is 2. The van der Waals surface area contributed by atoms with Crippen molar-refractivity contribution in [2.75, 3.05) is 14.2 Å². The number of carbonyl (C=O) groups excluding carboxylic acids is 6. The van der Waals surface area contributed by atoms with Crippen LogP contribution in [0.25, 0.3) is 0 Å². The van der Waals surface area contributed by atoms with Crippen molar-refractivity contribution in [3.05, 3.63) is 0 Å². The molecule has 0 aliphatic rings. The highest BCUT2D eigenvalue weighted by atomic mass is 16.5. The average Bonchev–Trinajstić information content (AvgIpc) is 2.69. The average molecular weight is 455 g/mol. The third-order valence-corrected chi connectivity index (χ3v) is 6.26. The van der Waals surface area contributed by atoms with Gasteiger partial charge < -0.3 is 9.47 Å². The van der Waals surface area contributed by atoms with Gasteiger partial charge in [0.1, 0.15) is 36.0 Å². The van der Waals surface area contributed by atoms with Crippen molar-refractivity contribution in [2.24, 2.45) is 16.2 Å². The molecular weight excluding hydrogens is 416 g/mol. The van der Waals surface area contributed by atoms with Crippen LogP contribution in [-0.4, -0.2) is 49.3 Å². The third-order valence-electron chi connectivity index (χ3n) is 6.26. The van der Waals surface area contributed by atoms with Crippen LogP contribution in [0, 0.1) is 16.2 Å². The first-order chi connectivity index (χ1) is 14.5. The zero-order chi connectivity index (χ0) is 25.3. The highest BCUT2D eigenvalue weighted by Gasteiger charge is 2.40. The van der Waals surface area contributed by atoms with Crippen molar-refractivity contribution >= 4 is 35.1 Å². The molecule has 0 N–H and O–H groups in total. The summed E-state index contributed by atoms with van der Waals surface area (Å²) in [6.07, 6.45) is 0.316. The molecule has 0 unspecified atom stereocenters. The lowest BCUT2D eigenvalue weighted by atomic mass is 9.68. The van der Waals surface area contributed by atoms with Gasteiger partial charge >= 0.3 is 11.9 Å². The van der Waals surface area contributed by atoms with E-state index in [1.54, 1.807) is 34.6 Å². The monoisotopic (exact) mass is 454 g/mol. The highest BCUT2D eigenvalue weighted by Crippen LogP contribution is 2.40. The maximum Gasteiger partial charge on any atom is 0.313 e. The van der Waals surface area contributed by atoms with Gasteiger partial charge in [0.05, 0.1) is 20.6 Å². The van der Waals surface area contributed by atoms with Crippen molar-refractivity contribution in [3.63, 3.8) is 0 Å². The van der Waals surface area contributed by atoms with Gasteiger partial charge in [-0.3, -0.25) is 28.8 Å². The Balaban J connectivity index is 5.51. The van der Waals surface area contributed by atoms with Crippen molar-refractivity contribution in [1.82, 2.24) is 0 Å². The van der Waals surface area contributed by atoms with Crippen molar-refractivity contribution < 1.29 is 38.2 Å². The molecule has 0 aromatic carbocycles. The van der Waals surface area contributed by atoms with Gasteiger partial charge in [-0.05, 0) is 32.6 Å². The van der Waals surface area contributed by atoms with Crippen LogP contribution in [0.15, 0.2) is 0 Å². The standard InChI is InChI=1S/C24H38O8/c1-16(25)13-19(28)24(6,11-9-22(2,3)17(26)14-20(29)31-7)12-10-23(4,5)18(27)15-21(30)32-8/h9-15H2,1-8H3. The summed E-state index contributed by atoms with van der Waals surface area (Å²) in [6.45, 7) is 9.90. The van der Waals surface area contributed by atoms with Crippen LogP contribution in [0.1, 0.15) is 86.5 Å². The predicted molar refractivity (Wildman–Crippen MR) is 118 cm³/mol. The lowest BCUT2D eigenvalue weighted by molar-refractivity contribution is -0.147. The van der Waals surface area contributed by atoms with Gasteiger partial charge in [0, 0.05) is 16.2 Å². The van der Waals surface area contributed by atoms with E-state index in [0.29, 0.717) is 25.7 Å². The van der Waals surface area contributed by atoms with Gasteiger partial charge in [-0.1, -0.05) is 34.6 Å². The number of ether oxygens (including phenoxy) is 2. The summed E-state index contributed by atoms with van der Waals surface area (Å²) in [4.78, 5) is 72.5. The molecule has 0 saturated heterocycles. The van der Waals surface area contributed by atoms with E-state index in [2.05, 4.69) is 9.47 Å². The molecule has 182 valence electrons. The molecule has 8 heteroatoms. The summed E-state index contributed by atoms with van der Waals surface area (Å²) >= 11 is 0. The van der Waals surface area contributed by atoms with Gasteiger partial charge in [0.25, 0.3) is 0 Å². The van der Waals surface area contributed by atoms with Crippen LogP contribution < -0.4 is 0 Å². The number of rotatable bonds is 15. The number of methoxy groups -OCH3 is 2. The van der Waals surface area contributed by atoms with E-state index in [1.165, 1.54) is 21.1 Å². The highest BCUT2D eigenvalue weighted by molar-refractivity contribution is 6.01. The molecule has 0 aliphatic heterocycles. The fourth-order valence-corrected chi connectivity index (χ4v) is 3.18. The van der Waals surface area contributed by atoms with Crippen LogP contribution in [0.5, 0.6) is 0 Å². The van der Waals surface area contributed by atoms with Gasteiger partial charge in [-0.25, -0.2) is 0 Å². The molecular formula is C24H38O8.